The number of benzene rings is 4. The maximum absolute atomic E-state index is 5.28. The maximum atomic E-state index is 5.28. The third-order valence-corrected chi connectivity index (χ3v) is 12.6. The van der Waals surface area contributed by atoms with E-state index in [-0.39, 0.29) is 0 Å². The highest BCUT2D eigenvalue weighted by atomic mass is 32.1. The van der Waals surface area contributed by atoms with Crippen LogP contribution in [0.4, 0.5) is 0 Å². The van der Waals surface area contributed by atoms with Crippen LogP contribution in [0.15, 0.2) is 147 Å². The minimum absolute atomic E-state index is 0.836. The van der Waals surface area contributed by atoms with E-state index in [1.54, 1.807) is 0 Å². The number of rotatable bonds is 9. The molecule has 0 radical (unpaired) electrons. The lowest BCUT2D eigenvalue weighted by Crippen LogP contribution is -2.04. The number of nitrogens with zero attached hydrogens (tertiary/aromatic N) is 3. The van der Waals surface area contributed by atoms with Crippen LogP contribution in [0.3, 0.4) is 0 Å². The Kier molecular flexibility index (Phi) is 8.74. The first kappa shape index (κ1) is 33.7. The molecule has 0 N–H and O–H groups in total. The van der Waals surface area contributed by atoms with Crippen molar-refractivity contribution >= 4 is 79.4 Å². The van der Waals surface area contributed by atoms with Gasteiger partial charge in [-0.3, -0.25) is 4.40 Å². The van der Waals surface area contributed by atoms with Crippen molar-refractivity contribution < 1.29 is 0 Å². The fourth-order valence-corrected chi connectivity index (χ4v) is 9.99. The van der Waals surface area contributed by atoms with Gasteiger partial charge in [0.2, 0.25) is 0 Å². The smallest absolute Gasteiger partial charge is 0.148 e. The van der Waals surface area contributed by atoms with Crippen LogP contribution >= 0.6 is 22.7 Å². The number of hydrogen-bond acceptors (Lipinski definition) is 4. The Hall–Kier alpha value is -6.14. The number of allylic oxidation sites excluding steroid dienone is 6. The molecule has 0 saturated heterocycles. The molecule has 0 aliphatic heterocycles. The van der Waals surface area contributed by atoms with Gasteiger partial charge in [0.25, 0.3) is 0 Å². The molecule has 9 rings (SSSR count). The standard InChI is InChI=1S/C49H37N3S2/c1-5-17-33(48-50-39-23-14-13-22-38(39)49-51-40-24-15-16-25-41(40)52(48)49)30-31(4)46-34(6-2)35(7-3)47(37-21-12-11-20-36(37)46)45-29-28-44(54-45)43-27-26-42(53-43)32-18-9-8-10-19-32/h5-14,16-23,25-30H,1-3,15,24H2,4H3/b31-30+,33-17+. The van der Waals surface area contributed by atoms with Crippen molar-refractivity contribution in [3.8, 4) is 30.6 Å². The average Bonchev–Trinajstić information content (AvgIpc) is 3.99. The summed E-state index contributed by atoms with van der Waals surface area (Å²) >= 11 is 3.66. The maximum Gasteiger partial charge on any atom is 0.148 e. The van der Waals surface area contributed by atoms with Gasteiger partial charge in [0, 0.05) is 36.0 Å². The monoisotopic (exact) mass is 731 g/mol. The van der Waals surface area contributed by atoms with Gasteiger partial charge in [0.1, 0.15) is 11.5 Å². The number of fused-ring (bicyclic) bond motifs is 6. The molecule has 4 heterocycles. The topological polar surface area (TPSA) is 30.2 Å². The quantitative estimate of drug-likeness (QED) is 0.138. The SMILES string of the molecule is C=C/C=C(\C=C(/C)c1c(C=C)c(C=C)c(-c2ccc(-c3ccc(-c4ccccc4)s3)s2)c2ccccc12)c1nc2ccccc2c2nc3c(n12)C=CCC3. The van der Waals surface area contributed by atoms with Gasteiger partial charge in [-0.05, 0) is 107 Å². The molecule has 0 fully saturated rings. The highest BCUT2D eigenvalue weighted by molar-refractivity contribution is 7.25. The van der Waals surface area contributed by atoms with E-state index in [9.17, 15) is 0 Å². The molecule has 1 aliphatic carbocycles. The fraction of sp³-hybridized carbons (Fsp3) is 0.0612. The molecule has 4 aromatic heterocycles. The van der Waals surface area contributed by atoms with Gasteiger partial charge in [0.05, 0.1) is 16.9 Å². The largest absolute Gasteiger partial charge is 0.276 e. The number of imidazole rings is 1. The minimum Gasteiger partial charge on any atom is -0.276 e. The summed E-state index contributed by atoms with van der Waals surface area (Å²) in [4.78, 5) is 15.4. The summed E-state index contributed by atoms with van der Waals surface area (Å²) in [7, 11) is 0. The molecular formula is C49H37N3S2. The van der Waals surface area contributed by atoms with E-state index in [1.165, 1.54) is 36.0 Å². The van der Waals surface area contributed by atoms with Gasteiger partial charge in [-0.15, -0.1) is 22.7 Å². The Morgan fingerprint density at radius 1 is 0.704 bits per heavy atom. The molecule has 0 atom stereocenters. The predicted molar refractivity (Wildman–Crippen MR) is 236 cm³/mol. The second-order valence-corrected chi connectivity index (χ2v) is 15.6. The third-order valence-electron chi connectivity index (χ3n) is 10.2. The zero-order valence-corrected chi connectivity index (χ0v) is 31.7. The van der Waals surface area contributed by atoms with Crippen molar-refractivity contribution in [3.63, 3.8) is 0 Å². The molecule has 0 unspecified atom stereocenters. The molecule has 0 amide bonds. The molecule has 260 valence electrons. The number of para-hydroxylation sites is 1. The van der Waals surface area contributed by atoms with Gasteiger partial charge in [-0.25, -0.2) is 9.97 Å². The molecule has 8 aromatic rings. The van der Waals surface area contributed by atoms with Crippen LogP contribution in [-0.2, 0) is 6.42 Å². The van der Waals surface area contributed by atoms with Crippen LogP contribution in [0.1, 0.15) is 47.2 Å². The summed E-state index contributed by atoms with van der Waals surface area (Å²) in [5.41, 5.74) is 11.8. The molecule has 0 spiro atoms. The van der Waals surface area contributed by atoms with Crippen molar-refractivity contribution in [2.45, 2.75) is 19.8 Å². The number of aryl methyl sites for hydroxylation is 1. The van der Waals surface area contributed by atoms with Gasteiger partial charge >= 0.3 is 0 Å². The molecule has 54 heavy (non-hydrogen) atoms. The van der Waals surface area contributed by atoms with Crippen LogP contribution < -0.4 is 0 Å². The van der Waals surface area contributed by atoms with Crippen molar-refractivity contribution in [1.29, 1.82) is 0 Å². The molecule has 1 aliphatic rings. The molecule has 5 heteroatoms. The van der Waals surface area contributed by atoms with Gasteiger partial charge in [0.15, 0.2) is 0 Å². The van der Waals surface area contributed by atoms with E-state index in [4.69, 9.17) is 9.97 Å². The lowest BCUT2D eigenvalue weighted by Gasteiger charge is -2.20. The summed E-state index contributed by atoms with van der Waals surface area (Å²) in [5, 5.41) is 3.39. The summed E-state index contributed by atoms with van der Waals surface area (Å²) in [6.07, 6.45) is 16.4. The predicted octanol–water partition coefficient (Wildman–Crippen LogP) is 14.1. The van der Waals surface area contributed by atoms with Crippen LogP contribution in [0.25, 0.3) is 87.3 Å². The third kappa shape index (κ3) is 5.65. The first-order valence-electron chi connectivity index (χ1n) is 18.2. The molecule has 0 saturated carbocycles. The van der Waals surface area contributed by atoms with Gasteiger partial charge < -0.3 is 0 Å². The summed E-state index contributed by atoms with van der Waals surface area (Å²) < 4.78 is 2.22. The molecule has 0 bridgehead atoms. The van der Waals surface area contributed by atoms with E-state index in [2.05, 4.69) is 152 Å². The number of thiophene rings is 2. The van der Waals surface area contributed by atoms with Crippen molar-refractivity contribution in [2.24, 2.45) is 0 Å². The van der Waals surface area contributed by atoms with Crippen molar-refractivity contribution in [2.75, 3.05) is 0 Å². The van der Waals surface area contributed by atoms with E-state index in [0.717, 1.165) is 79.8 Å². The van der Waals surface area contributed by atoms with Crippen LogP contribution in [-0.4, -0.2) is 14.4 Å². The van der Waals surface area contributed by atoms with E-state index >= 15 is 0 Å². The lowest BCUT2D eigenvalue weighted by molar-refractivity contribution is 0.937. The highest BCUT2D eigenvalue weighted by Gasteiger charge is 2.23. The highest BCUT2D eigenvalue weighted by Crippen LogP contribution is 2.46. The normalized spacial score (nSPS) is 13.1. The second-order valence-electron chi connectivity index (χ2n) is 13.4. The molecule has 4 aromatic carbocycles. The zero-order chi connectivity index (χ0) is 36.8. The summed E-state index contributed by atoms with van der Waals surface area (Å²) in [5.74, 6) is 0.836. The Morgan fingerprint density at radius 3 is 2.13 bits per heavy atom. The van der Waals surface area contributed by atoms with Gasteiger partial charge in [-0.2, -0.15) is 0 Å². The average molecular weight is 732 g/mol. The summed E-state index contributed by atoms with van der Waals surface area (Å²) in [6, 6.07) is 36.6. The first-order chi connectivity index (χ1) is 26.6. The van der Waals surface area contributed by atoms with Crippen LogP contribution in [0.2, 0.25) is 0 Å². The van der Waals surface area contributed by atoms with Crippen molar-refractivity contribution in [1.82, 2.24) is 14.4 Å². The molecular weight excluding hydrogens is 695 g/mol. The Morgan fingerprint density at radius 2 is 1.37 bits per heavy atom. The Balaban J connectivity index is 1.21. The van der Waals surface area contributed by atoms with E-state index in [1.807, 2.05) is 47.0 Å². The summed E-state index contributed by atoms with van der Waals surface area (Å²) in [6.45, 7) is 15.0. The van der Waals surface area contributed by atoms with Crippen molar-refractivity contribution in [3.05, 3.63) is 181 Å². The Labute approximate surface area is 323 Å². The fourth-order valence-electron chi connectivity index (χ4n) is 7.81. The van der Waals surface area contributed by atoms with E-state index in [0.29, 0.717) is 0 Å². The van der Waals surface area contributed by atoms with Crippen LogP contribution in [0, 0.1) is 0 Å². The Bertz CT molecular complexity index is 2890. The van der Waals surface area contributed by atoms with Gasteiger partial charge in [-0.1, -0.05) is 117 Å². The number of aromatic nitrogens is 3. The zero-order valence-electron chi connectivity index (χ0n) is 30.1. The first-order valence-corrected chi connectivity index (χ1v) is 19.8. The second kappa shape index (κ2) is 14.0. The van der Waals surface area contributed by atoms with Crippen LogP contribution in [0.5, 0.6) is 0 Å². The van der Waals surface area contributed by atoms with E-state index < -0.39 is 0 Å². The molecule has 3 nitrogen and oxygen atoms in total. The minimum atomic E-state index is 0.836. The lowest BCUT2D eigenvalue weighted by atomic mass is 9.85. The number of hydrogen-bond donors (Lipinski definition) is 0.